The zero-order valence-corrected chi connectivity index (χ0v) is 12.5. The molecular weight excluding hydrogens is 316 g/mol. The lowest BCUT2D eigenvalue weighted by molar-refractivity contribution is -0.123. The van der Waals surface area contributed by atoms with Crippen molar-refractivity contribution in [1.82, 2.24) is 4.90 Å². The molecule has 1 aromatic rings. The van der Waals surface area contributed by atoms with E-state index in [1.54, 1.807) is 4.90 Å². The molecule has 1 aliphatic heterocycles. The van der Waals surface area contributed by atoms with Crippen LogP contribution in [0.3, 0.4) is 0 Å². The van der Waals surface area contributed by atoms with Crippen molar-refractivity contribution in [3.63, 3.8) is 0 Å². The van der Waals surface area contributed by atoms with Gasteiger partial charge in [0.25, 0.3) is 5.91 Å². The summed E-state index contributed by atoms with van der Waals surface area (Å²) in [6, 6.07) is 2.01. The highest BCUT2D eigenvalue weighted by atomic mass is 79.9. The van der Waals surface area contributed by atoms with Crippen LogP contribution in [0.4, 0.5) is 0 Å². The summed E-state index contributed by atoms with van der Waals surface area (Å²) in [7, 11) is 0. The fourth-order valence-corrected chi connectivity index (χ4v) is 3.69. The van der Waals surface area contributed by atoms with Gasteiger partial charge < -0.3 is 10.6 Å². The monoisotopic (exact) mass is 330 g/mol. The molecule has 1 aromatic heterocycles. The molecule has 6 heteroatoms. The van der Waals surface area contributed by atoms with E-state index in [0.29, 0.717) is 11.4 Å². The molecule has 0 radical (unpaired) electrons. The molecule has 2 atom stereocenters. The van der Waals surface area contributed by atoms with E-state index < -0.39 is 0 Å². The Balaban J connectivity index is 2.18. The van der Waals surface area contributed by atoms with Crippen molar-refractivity contribution in [2.45, 2.75) is 25.8 Å². The summed E-state index contributed by atoms with van der Waals surface area (Å²) in [5, 5.41) is 1.87. The summed E-state index contributed by atoms with van der Waals surface area (Å²) in [4.78, 5) is 26.1. The van der Waals surface area contributed by atoms with Crippen LogP contribution in [0.1, 0.15) is 29.4 Å². The smallest absolute Gasteiger partial charge is 0.265 e. The number of piperidine rings is 1. The molecule has 0 saturated carbocycles. The Morgan fingerprint density at radius 3 is 2.78 bits per heavy atom. The van der Waals surface area contributed by atoms with Gasteiger partial charge in [-0.3, -0.25) is 9.59 Å². The molecule has 98 valence electrons. The SMILES string of the molecule is C[C@H]1CC[C@H](C(N)=O)CN1C(=O)c1sccc1Br. The molecule has 2 rings (SSSR count). The Kier molecular flexibility index (Phi) is 4.07. The van der Waals surface area contributed by atoms with Gasteiger partial charge in [0, 0.05) is 17.1 Å². The molecule has 0 aliphatic carbocycles. The van der Waals surface area contributed by atoms with Crippen molar-refractivity contribution in [2.24, 2.45) is 11.7 Å². The first-order chi connectivity index (χ1) is 8.50. The lowest BCUT2D eigenvalue weighted by Gasteiger charge is -2.36. The zero-order valence-electron chi connectivity index (χ0n) is 10.1. The second-order valence-corrected chi connectivity index (χ2v) is 6.35. The first-order valence-electron chi connectivity index (χ1n) is 5.84. The predicted octanol–water partition coefficient (Wildman–Crippen LogP) is 2.24. The molecule has 1 saturated heterocycles. The number of hydrogen-bond donors (Lipinski definition) is 1. The standard InChI is InChI=1S/C12H15BrN2O2S/c1-7-2-3-8(11(14)16)6-15(7)12(17)10-9(13)4-5-18-10/h4-5,7-8H,2-3,6H2,1H3,(H2,14,16)/t7-,8-/m0/s1. The Morgan fingerprint density at radius 1 is 1.50 bits per heavy atom. The quantitative estimate of drug-likeness (QED) is 0.903. The molecule has 0 unspecified atom stereocenters. The van der Waals surface area contributed by atoms with E-state index in [4.69, 9.17) is 5.73 Å². The van der Waals surface area contributed by atoms with Crippen LogP contribution < -0.4 is 5.73 Å². The Hall–Kier alpha value is -0.880. The number of halogens is 1. The van der Waals surface area contributed by atoms with Crippen molar-refractivity contribution in [1.29, 1.82) is 0 Å². The minimum absolute atomic E-state index is 0.0182. The van der Waals surface area contributed by atoms with E-state index in [0.717, 1.165) is 17.3 Å². The van der Waals surface area contributed by atoms with Crippen LogP contribution in [-0.4, -0.2) is 29.3 Å². The van der Waals surface area contributed by atoms with Crippen LogP contribution in [-0.2, 0) is 4.79 Å². The Morgan fingerprint density at radius 2 is 2.22 bits per heavy atom. The van der Waals surface area contributed by atoms with E-state index >= 15 is 0 Å². The van der Waals surface area contributed by atoms with Gasteiger partial charge in [0.2, 0.25) is 5.91 Å². The van der Waals surface area contributed by atoms with Gasteiger partial charge in [-0.05, 0) is 47.1 Å². The number of thiophene rings is 1. The molecule has 4 nitrogen and oxygen atoms in total. The maximum Gasteiger partial charge on any atom is 0.265 e. The second kappa shape index (κ2) is 5.40. The minimum atomic E-state index is -0.315. The average molecular weight is 331 g/mol. The third kappa shape index (κ3) is 2.59. The van der Waals surface area contributed by atoms with Gasteiger partial charge in [-0.2, -0.15) is 0 Å². The van der Waals surface area contributed by atoms with E-state index in [9.17, 15) is 9.59 Å². The second-order valence-electron chi connectivity index (χ2n) is 4.58. The van der Waals surface area contributed by atoms with Crippen LogP contribution >= 0.6 is 27.3 Å². The van der Waals surface area contributed by atoms with E-state index in [1.807, 2.05) is 18.4 Å². The molecule has 0 spiro atoms. The lowest BCUT2D eigenvalue weighted by Crippen LogP contribution is -2.48. The number of carbonyl (C=O) groups is 2. The van der Waals surface area contributed by atoms with Crippen LogP contribution in [0.25, 0.3) is 0 Å². The van der Waals surface area contributed by atoms with Crippen molar-refractivity contribution in [3.05, 3.63) is 20.8 Å². The first kappa shape index (κ1) is 13.5. The number of likely N-dealkylation sites (tertiary alicyclic amines) is 1. The average Bonchev–Trinajstić information content (AvgIpc) is 2.75. The van der Waals surface area contributed by atoms with E-state index in [2.05, 4.69) is 15.9 Å². The summed E-state index contributed by atoms with van der Waals surface area (Å²) in [6.07, 6.45) is 1.59. The first-order valence-corrected chi connectivity index (χ1v) is 7.51. The minimum Gasteiger partial charge on any atom is -0.369 e. The molecule has 2 amide bonds. The number of nitrogens with two attached hydrogens (primary N) is 1. The largest absolute Gasteiger partial charge is 0.369 e. The van der Waals surface area contributed by atoms with Gasteiger partial charge in [0.05, 0.1) is 5.92 Å². The Bertz CT molecular complexity index is 474. The fraction of sp³-hybridized carbons (Fsp3) is 0.500. The van der Waals surface area contributed by atoms with Gasteiger partial charge in [-0.1, -0.05) is 0 Å². The van der Waals surface area contributed by atoms with Gasteiger partial charge in [-0.25, -0.2) is 0 Å². The van der Waals surface area contributed by atoms with Crippen molar-refractivity contribution in [2.75, 3.05) is 6.54 Å². The number of carbonyl (C=O) groups excluding carboxylic acids is 2. The molecule has 1 fully saturated rings. The number of hydrogen-bond acceptors (Lipinski definition) is 3. The number of rotatable bonds is 2. The van der Waals surface area contributed by atoms with Crippen molar-refractivity contribution >= 4 is 39.1 Å². The Labute approximate surface area is 118 Å². The summed E-state index contributed by atoms with van der Waals surface area (Å²) in [6.45, 7) is 2.44. The normalized spacial score (nSPS) is 24.0. The highest BCUT2D eigenvalue weighted by molar-refractivity contribution is 9.10. The molecule has 2 heterocycles. The topological polar surface area (TPSA) is 63.4 Å². The number of amides is 2. The van der Waals surface area contributed by atoms with E-state index in [1.165, 1.54) is 11.3 Å². The van der Waals surface area contributed by atoms with Gasteiger partial charge >= 0.3 is 0 Å². The fourth-order valence-electron chi connectivity index (χ4n) is 2.20. The van der Waals surface area contributed by atoms with Gasteiger partial charge in [-0.15, -0.1) is 11.3 Å². The summed E-state index contributed by atoms with van der Waals surface area (Å²) in [5.41, 5.74) is 5.34. The summed E-state index contributed by atoms with van der Waals surface area (Å²) in [5.74, 6) is -0.552. The van der Waals surface area contributed by atoms with Crippen molar-refractivity contribution < 1.29 is 9.59 Å². The molecule has 0 bridgehead atoms. The number of nitrogens with zero attached hydrogens (tertiary/aromatic N) is 1. The maximum atomic E-state index is 12.4. The summed E-state index contributed by atoms with van der Waals surface area (Å²) < 4.78 is 0.811. The molecule has 0 aromatic carbocycles. The molecule has 1 aliphatic rings. The molecule has 2 N–H and O–H groups in total. The highest BCUT2D eigenvalue weighted by Gasteiger charge is 2.33. The molecular formula is C12H15BrN2O2S. The predicted molar refractivity (Wildman–Crippen MR) is 74.4 cm³/mol. The van der Waals surface area contributed by atoms with Crippen LogP contribution in [0.5, 0.6) is 0 Å². The van der Waals surface area contributed by atoms with E-state index in [-0.39, 0.29) is 23.8 Å². The number of primary amides is 1. The zero-order chi connectivity index (χ0) is 13.3. The van der Waals surface area contributed by atoms with Crippen LogP contribution in [0.2, 0.25) is 0 Å². The maximum absolute atomic E-state index is 12.4. The van der Waals surface area contributed by atoms with Gasteiger partial charge in [0.1, 0.15) is 4.88 Å². The third-order valence-electron chi connectivity index (χ3n) is 3.36. The lowest BCUT2D eigenvalue weighted by atomic mass is 9.93. The summed E-state index contributed by atoms with van der Waals surface area (Å²) >= 11 is 4.78. The van der Waals surface area contributed by atoms with Crippen molar-refractivity contribution in [3.8, 4) is 0 Å². The van der Waals surface area contributed by atoms with Crippen LogP contribution in [0.15, 0.2) is 15.9 Å². The van der Waals surface area contributed by atoms with Crippen LogP contribution in [0, 0.1) is 5.92 Å². The highest BCUT2D eigenvalue weighted by Crippen LogP contribution is 2.28. The molecule has 18 heavy (non-hydrogen) atoms. The van der Waals surface area contributed by atoms with Gasteiger partial charge in [0.15, 0.2) is 0 Å². The third-order valence-corrected chi connectivity index (χ3v) is 5.18.